The molecule has 0 spiro atoms. The van der Waals surface area contributed by atoms with Gasteiger partial charge in [0.25, 0.3) is 0 Å². The van der Waals surface area contributed by atoms with Gasteiger partial charge in [0, 0.05) is 0 Å². The van der Waals surface area contributed by atoms with E-state index in [2.05, 4.69) is 165 Å². The average Bonchev–Trinajstić information content (AvgIpc) is 3.50. The molecule has 1 atom stereocenters. The van der Waals surface area contributed by atoms with E-state index in [1.165, 1.54) is 90.4 Å². The van der Waals surface area contributed by atoms with Crippen LogP contribution in [0.5, 0.6) is 0 Å². The number of hydrogen-bond donors (Lipinski definition) is 1. The zero-order valence-corrected chi connectivity index (χ0v) is 34.1. The van der Waals surface area contributed by atoms with Gasteiger partial charge in [-0.05, 0) is 70.2 Å². The Kier molecular flexibility index (Phi) is 16.4. The molecule has 0 saturated heterocycles. The van der Waals surface area contributed by atoms with Gasteiger partial charge in [0.1, 0.15) is 0 Å². The average molecular weight is 718 g/mol. The Morgan fingerprint density at radius 2 is 1.06 bits per heavy atom. The molecule has 0 amide bonds. The summed E-state index contributed by atoms with van der Waals surface area (Å²) >= 11 is 0. The quantitative estimate of drug-likeness (QED) is 0.0634. The zero-order chi connectivity index (χ0) is 33.6. The van der Waals surface area contributed by atoms with Crippen molar-refractivity contribution in [2.24, 2.45) is 0 Å². The monoisotopic (exact) mass is 717 g/mol. The largest absolute Gasteiger partial charge is 3.00 e. The summed E-state index contributed by atoms with van der Waals surface area (Å²) in [6, 6.07) is 48.9. The Bertz CT molecular complexity index is 1580. The molecule has 256 valence electrons. The third-order valence-corrected chi connectivity index (χ3v) is 15.1. The molecule has 1 nitrogen and oxygen atoms in total. The van der Waals surface area contributed by atoms with Crippen molar-refractivity contribution in [1.29, 1.82) is 0 Å². The van der Waals surface area contributed by atoms with E-state index in [4.69, 9.17) is 0 Å². The van der Waals surface area contributed by atoms with Crippen LogP contribution in [0, 0.1) is 0 Å². The van der Waals surface area contributed by atoms with E-state index < -0.39 is 16.2 Å². The van der Waals surface area contributed by atoms with E-state index in [9.17, 15) is 0 Å². The smallest absolute Gasteiger partial charge is 1.00 e. The van der Waals surface area contributed by atoms with Crippen LogP contribution in [0.1, 0.15) is 87.0 Å². The van der Waals surface area contributed by atoms with E-state index in [1.807, 2.05) is 0 Å². The number of nitrogens with one attached hydrogen (secondary N) is 1. The molecule has 5 aromatic rings. The minimum absolute atomic E-state index is 0. The fourth-order valence-electron chi connectivity index (χ4n) is 7.27. The first kappa shape index (κ1) is 39.4. The molecule has 0 aromatic heterocycles. The SMILES string of the molecule is CCCCCCCCCCC(C)N[Si](C)(C)c1cccc2c1Cc1ccccc1-2.[H-].[H-].[H-].[Sc+3].c1ccc(P(c2ccccc2)c2ccccc2)cc1. The Labute approximate surface area is 323 Å². The number of rotatable bonds is 15. The first-order valence-electron chi connectivity index (χ1n) is 18.4. The van der Waals surface area contributed by atoms with Gasteiger partial charge >= 0.3 is 25.8 Å². The summed E-state index contributed by atoms with van der Waals surface area (Å²) in [6.07, 6.45) is 13.6. The molecular weight excluding hydrogens is 659 g/mol. The van der Waals surface area contributed by atoms with E-state index in [0.29, 0.717) is 6.04 Å². The minimum atomic E-state index is -1.68. The number of hydrogen-bond acceptors (Lipinski definition) is 1. The van der Waals surface area contributed by atoms with Crippen LogP contribution in [0.4, 0.5) is 0 Å². The van der Waals surface area contributed by atoms with E-state index in [-0.39, 0.29) is 30.1 Å². The van der Waals surface area contributed by atoms with Crippen LogP contribution in [0.15, 0.2) is 133 Å². The molecule has 0 radical (unpaired) electrons. The second-order valence-electron chi connectivity index (χ2n) is 13.9. The normalized spacial score (nSPS) is 12.3. The van der Waals surface area contributed by atoms with Crippen molar-refractivity contribution >= 4 is 37.3 Å². The Balaban J connectivity index is 0.000000516. The van der Waals surface area contributed by atoms with Gasteiger partial charge in [0.2, 0.25) is 0 Å². The van der Waals surface area contributed by atoms with Crippen LogP contribution >= 0.6 is 7.92 Å². The number of benzene rings is 5. The van der Waals surface area contributed by atoms with Gasteiger partial charge in [0.05, 0.1) is 0 Å². The molecule has 1 aliphatic carbocycles. The van der Waals surface area contributed by atoms with E-state index in [1.54, 1.807) is 10.8 Å². The molecule has 5 aromatic carbocycles. The fourth-order valence-corrected chi connectivity index (χ4v) is 12.6. The molecule has 0 saturated carbocycles. The number of fused-ring (bicyclic) bond motifs is 3. The van der Waals surface area contributed by atoms with Crippen molar-refractivity contribution in [1.82, 2.24) is 4.98 Å². The van der Waals surface area contributed by atoms with Crippen molar-refractivity contribution in [3.05, 3.63) is 145 Å². The fraction of sp³-hybridized carbons (Fsp3) is 0.333. The van der Waals surface area contributed by atoms with Crippen LogP contribution in [0.3, 0.4) is 0 Å². The van der Waals surface area contributed by atoms with E-state index in [0.717, 1.165) is 6.42 Å². The summed E-state index contributed by atoms with van der Waals surface area (Å²) in [7, 11) is -2.12. The molecule has 1 N–H and O–H groups in total. The Morgan fingerprint density at radius 1 is 0.592 bits per heavy atom. The molecule has 1 aliphatic rings. The predicted molar refractivity (Wildman–Crippen MR) is 220 cm³/mol. The van der Waals surface area contributed by atoms with E-state index >= 15 is 0 Å². The minimum Gasteiger partial charge on any atom is -1.00 e. The third kappa shape index (κ3) is 11.3. The zero-order valence-electron chi connectivity index (χ0n) is 33.4. The van der Waals surface area contributed by atoms with Gasteiger partial charge in [-0.1, -0.05) is 212 Å². The van der Waals surface area contributed by atoms with Gasteiger partial charge in [-0.2, -0.15) is 0 Å². The maximum Gasteiger partial charge on any atom is 3.00 e. The molecule has 0 heterocycles. The van der Waals surface area contributed by atoms with Gasteiger partial charge in [-0.3, -0.25) is 0 Å². The van der Waals surface area contributed by atoms with Crippen LogP contribution in [-0.4, -0.2) is 14.3 Å². The van der Waals surface area contributed by atoms with Crippen molar-refractivity contribution in [2.45, 2.75) is 97.2 Å². The van der Waals surface area contributed by atoms with Crippen LogP contribution in [0.2, 0.25) is 13.1 Å². The standard InChI is InChI=1S/C27H41NSi.C18H15P.Sc.3H/c1-5-6-7-8-9-10-11-12-16-22(2)28-29(3,4)27-20-15-19-25-24-18-14-13-17-23(24)21-26(25)27;1-4-10-16(11-5-1)19(17-12-6-2-7-13-17)18-14-8-3-9-15-18;;;;/h13-15,17-20,22,28H,5-12,16,21H2,1-4H3;1-15H;;;;/q;;+3;3*-1. The van der Waals surface area contributed by atoms with Crippen LogP contribution in [0.25, 0.3) is 11.1 Å². The molecule has 49 heavy (non-hydrogen) atoms. The van der Waals surface area contributed by atoms with Crippen molar-refractivity contribution in [3.8, 4) is 11.1 Å². The summed E-state index contributed by atoms with van der Waals surface area (Å²) in [5.74, 6) is 0. The van der Waals surface area contributed by atoms with Gasteiger partial charge in [-0.25, -0.2) is 0 Å². The van der Waals surface area contributed by atoms with Crippen LogP contribution in [-0.2, 0) is 32.3 Å². The second-order valence-corrected chi connectivity index (χ2v) is 20.2. The summed E-state index contributed by atoms with van der Waals surface area (Å²) in [4.78, 5) is 4.09. The first-order chi connectivity index (χ1) is 23.5. The molecular formula is C45H59NPScSi. The maximum atomic E-state index is 4.09. The van der Waals surface area contributed by atoms with Crippen molar-refractivity contribution < 1.29 is 30.1 Å². The topological polar surface area (TPSA) is 12.0 Å². The third-order valence-electron chi connectivity index (χ3n) is 9.67. The first-order valence-corrected chi connectivity index (χ1v) is 22.8. The Morgan fingerprint density at radius 3 is 1.61 bits per heavy atom. The Hall–Kier alpha value is -2.42. The summed E-state index contributed by atoms with van der Waals surface area (Å²) < 4.78 is 0. The second kappa shape index (κ2) is 20.4. The molecule has 6 rings (SSSR count). The summed E-state index contributed by atoms with van der Waals surface area (Å²) in [6.45, 7) is 9.68. The van der Waals surface area contributed by atoms with Gasteiger partial charge in [0.15, 0.2) is 8.24 Å². The molecule has 0 aliphatic heterocycles. The molecule has 0 fully saturated rings. The molecule has 1 unspecified atom stereocenters. The molecule has 4 heteroatoms. The summed E-state index contributed by atoms with van der Waals surface area (Å²) in [5, 5.41) is 5.80. The number of unbranched alkanes of at least 4 members (excludes halogenated alkanes) is 7. The van der Waals surface area contributed by atoms with Crippen LogP contribution < -0.4 is 26.1 Å². The van der Waals surface area contributed by atoms with Gasteiger partial charge < -0.3 is 9.26 Å². The molecule has 0 bridgehead atoms. The summed E-state index contributed by atoms with van der Waals surface area (Å²) in [5.41, 5.74) is 5.99. The van der Waals surface area contributed by atoms with Crippen molar-refractivity contribution in [2.75, 3.05) is 0 Å². The van der Waals surface area contributed by atoms with Crippen molar-refractivity contribution in [3.63, 3.8) is 0 Å². The maximum absolute atomic E-state index is 4.09. The van der Waals surface area contributed by atoms with Gasteiger partial charge in [-0.15, -0.1) is 0 Å². The predicted octanol–water partition coefficient (Wildman–Crippen LogP) is 11.0.